The van der Waals surface area contributed by atoms with Gasteiger partial charge in [0.1, 0.15) is 16.1 Å². The van der Waals surface area contributed by atoms with Crippen LogP contribution in [0.4, 0.5) is 17.1 Å². The molecule has 0 amide bonds. The van der Waals surface area contributed by atoms with Crippen molar-refractivity contribution in [1.82, 2.24) is 0 Å². The second-order valence-corrected chi connectivity index (χ2v) is 24.4. The van der Waals surface area contributed by atoms with Crippen LogP contribution in [0, 0.1) is 0 Å². The van der Waals surface area contributed by atoms with Crippen LogP contribution in [0.15, 0.2) is 176 Å². The molecular formula is C50H41NSi2. The lowest BCUT2D eigenvalue weighted by molar-refractivity contribution is 1.30. The fourth-order valence-corrected chi connectivity index (χ4v) is 15.8. The van der Waals surface area contributed by atoms with Crippen LogP contribution in [0.1, 0.15) is 0 Å². The van der Waals surface area contributed by atoms with E-state index in [-0.39, 0.29) is 0 Å². The highest BCUT2D eigenvalue weighted by Gasteiger charge is 2.42. The van der Waals surface area contributed by atoms with Gasteiger partial charge in [0.25, 0.3) is 0 Å². The van der Waals surface area contributed by atoms with Gasteiger partial charge in [-0.15, -0.1) is 0 Å². The molecule has 0 saturated carbocycles. The molecule has 2 aliphatic heterocycles. The first-order valence-electron chi connectivity index (χ1n) is 18.8. The maximum Gasteiger partial charge on any atom is 0.116 e. The highest BCUT2D eigenvalue weighted by atomic mass is 28.3. The standard InChI is InChI=1S/C50H41NSi2/c1-52(2)48-32-39(38-25-24-35-16-8-9-17-36(35)30-38)26-28-43(48)44-29-27-41(33-49(44)52)51(40-19-12-18-37(31-40)34-14-6-5-7-15-34)46-22-13-21-45-42-20-10-11-23-47(42)53(3,4)50(45)46/h5-33H,1-4H3. The summed E-state index contributed by atoms with van der Waals surface area (Å²) in [7, 11) is -4.08. The van der Waals surface area contributed by atoms with E-state index in [1.807, 2.05) is 0 Å². The van der Waals surface area contributed by atoms with Gasteiger partial charge < -0.3 is 4.90 Å². The number of fused-ring (bicyclic) bond motifs is 7. The van der Waals surface area contributed by atoms with E-state index in [1.165, 1.54) is 93.1 Å². The highest BCUT2D eigenvalue weighted by Crippen LogP contribution is 2.42. The molecule has 2 aliphatic rings. The van der Waals surface area contributed by atoms with Crippen LogP contribution in [0.25, 0.3) is 55.3 Å². The van der Waals surface area contributed by atoms with Gasteiger partial charge in [-0.3, -0.25) is 0 Å². The van der Waals surface area contributed by atoms with Gasteiger partial charge in [-0.05, 0) is 112 Å². The Morgan fingerprint density at radius 2 is 0.925 bits per heavy atom. The summed E-state index contributed by atoms with van der Waals surface area (Å²) in [6.45, 7) is 10.1. The molecule has 10 rings (SSSR count). The van der Waals surface area contributed by atoms with Crippen molar-refractivity contribution in [2.75, 3.05) is 4.90 Å². The van der Waals surface area contributed by atoms with Crippen molar-refractivity contribution < 1.29 is 0 Å². The molecule has 8 aromatic carbocycles. The van der Waals surface area contributed by atoms with Crippen molar-refractivity contribution in [2.45, 2.75) is 26.2 Å². The van der Waals surface area contributed by atoms with E-state index < -0.39 is 16.1 Å². The van der Waals surface area contributed by atoms with Crippen molar-refractivity contribution in [3.8, 4) is 44.5 Å². The zero-order valence-corrected chi connectivity index (χ0v) is 32.7. The smallest absolute Gasteiger partial charge is 0.116 e. The Hall–Kier alpha value is -5.75. The summed E-state index contributed by atoms with van der Waals surface area (Å²) in [5.41, 5.74) is 14.3. The fourth-order valence-electron chi connectivity index (χ4n) is 9.30. The van der Waals surface area contributed by atoms with Crippen molar-refractivity contribution in [2.24, 2.45) is 0 Å². The van der Waals surface area contributed by atoms with Crippen molar-refractivity contribution in [1.29, 1.82) is 0 Å². The van der Waals surface area contributed by atoms with Gasteiger partial charge in [0, 0.05) is 17.1 Å². The summed E-state index contributed by atoms with van der Waals surface area (Å²) in [4.78, 5) is 2.57. The molecule has 53 heavy (non-hydrogen) atoms. The Morgan fingerprint density at radius 1 is 0.340 bits per heavy atom. The largest absolute Gasteiger partial charge is 0.311 e. The molecule has 0 aromatic heterocycles. The summed E-state index contributed by atoms with van der Waals surface area (Å²) in [5, 5.41) is 8.65. The second-order valence-electron chi connectivity index (χ2n) is 15.8. The van der Waals surface area contributed by atoms with Crippen LogP contribution >= 0.6 is 0 Å². The molecule has 8 aromatic rings. The average molecular weight is 712 g/mol. The van der Waals surface area contributed by atoms with Gasteiger partial charge in [0.05, 0.1) is 0 Å². The Bertz CT molecular complexity index is 2740. The van der Waals surface area contributed by atoms with Crippen molar-refractivity contribution >= 4 is 64.7 Å². The number of hydrogen-bond donors (Lipinski definition) is 0. The van der Waals surface area contributed by atoms with Crippen molar-refractivity contribution in [3.63, 3.8) is 0 Å². The first kappa shape index (κ1) is 31.9. The number of anilines is 3. The SMILES string of the molecule is C[Si]1(C)c2cc(-c3ccc4ccccc4c3)ccc2-c2ccc(N(c3cccc(-c4ccccc4)c3)c3cccc4c3[Si](C)(C)c3ccccc3-4)cc21. The number of hydrogen-bond acceptors (Lipinski definition) is 1. The number of nitrogens with zero attached hydrogens (tertiary/aromatic N) is 1. The summed E-state index contributed by atoms with van der Waals surface area (Å²) in [5.74, 6) is 0. The summed E-state index contributed by atoms with van der Waals surface area (Å²) in [6, 6.07) is 66.1. The zero-order chi connectivity index (χ0) is 35.9. The zero-order valence-electron chi connectivity index (χ0n) is 30.7. The minimum absolute atomic E-state index is 1.19. The third kappa shape index (κ3) is 4.95. The summed E-state index contributed by atoms with van der Waals surface area (Å²) >= 11 is 0. The van der Waals surface area contributed by atoms with Crippen LogP contribution in [0.2, 0.25) is 26.2 Å². The minimum atomic E-state index is -2.06. The molecular weight excluding hydrogens is 671 g/mol. The van der Waals surface area contributed by atoms with E-state index >= 15 is 0 Å². The van der Waals surface area contributed by atoms with Crippen LogP contribution in [0.5, 0.6) is 0 Å². The molecule has 1 nitrogen and oxygen atoms in total. The summed E-state index contributed by atoms with van der Waals surface area (Å²) < 4.78 is 0. The van der Waals surface area contributed by atoms with E-state index in [4.69, 9.17) is 0 Å². The predicted octanol–water partition coefficient (Wildman–Crippen LogP) is 11.2. The maximum atomic E-state index is 2.57. The van der Waals surface area contributed by atoms with Crippen LogP contribution in [-0.2, 0) is 0 Å². The van der Waals surface area contributed by atoms with E-state index in [0.29, 0.717) is 0 Å². The van der Waals surface area contributed by atoms with Gasteiger partial charge in [-0.25, -0.2) is 0 Å². The van der Waals surface area contributed by atoms with Crippen molar-refractivity contribution in [3.05, 3.63) is 176 Å². The van der Waals surface area contributed by atoms with Crippen LogP contribution in [0.3, 0.4) is 0 Å². The lowest BCUT2D eigenvalue weighted by Crippen LogP contribution is -2.51. The Kier molecular flexibility index (Phi) is 7.17. The van der Waals surface area contributed by atoms with E-state index in [1.54, 1.807) is 0 Å². The molecule has 0 radical (unpaired) electrons. The molecule has 0 saturated heterocycles. The Morgan fingerprint density at radius 3 is 1.77 bits per heavy atom. The first-order valence-corrected chi connectivity index (χ1v) is 24.8. The third-order valence-corrected chi connectivity index (χ3v) is 19.1. The molecule has 0 N–H and O–H groups in total. The molecule has 0 atom stereocenters. The first-order chi connectivity index (χ1) is 25.8. The molecule has 0 spiro atoms. The number of rotatable bonds is 5. The molecule has 2 heterocycles. The van der Waals surface area contributed by atoms with Crippen LogP contribution in [-0.4, -0.2) is 16.1 Å². The maximum absolute atomic E-state index is 2.57. The highest BCUT2D eigenvalue weighted by molar-refractivity contribution is 7.05. The van der Waals surface area contributed by atoms with Gasteiger partial charge in [-0.1, -0.05) is 166 Å². The molecule has 254 valence electrons. The average Bonchev–Trinajstić information content (AvgIpc) is 3.57. The van der Waals surface area contributed by atoms with Crippen LogP contribution < -0.4 is 25.6 Å². The lowest BCUT2D eigenvalue weighted by atomic mass is 9.98. The minimum Gasteiger partial charge on any atom is -0.311 e. The quantitative estimate of drug-likeness (QED) is 0.161. The summed E-state index contributed by atoms with van der Waals surface area (Å²) in [6.07, 6.45) is 0. The number of benzene rings is 8. The van der Waals surface area contributed by atoms with E-state index in [9.17, 15) is 0 Å². The molecule has 3 heteroatoms. The Balaban J connectivity index is 1.14. The monoisotopic (exact) mass is 711 g/mol. The molecule has 0 aliphatic carbocycles. The lowest BCUT2D eigenvalue weighted by Gasteiger charge is -2.32. The predicted molar refractivity (Wildman–Crippen MR) is 234 cm³/mol. The second kappa shape index (κ2) is 11.9. The fraction of sp³-hybridized carbons (Fsp3) is 0.0800. The molecule has 0 unspecified atom stereocenters. The van der Waals surface area contributed by atoms with Gasteiger partial charge in [0.15, 0.2) is 0 Å². The van der Waals surface area contributed by atoms with E-state index in [2.05, 4.69) is 207 Å². The van der Waals surface area contributed by atoms with Gasteiger partial charge in [-0.2, -0.15) is 0 Å². The third-order valence-electron chi connectivity index (χ3n) is 12.0. The Labute approximate surface area is 314 Å². The van der Waals surface area contributed by atoms with E-state index in [0.717, 1.165) is 0 Å². The van der Waals surface area contributed by atoms with Gasteiger partial charge >= 0.3 is 0 Å². The molecule has 0 bridgehead atoms. The van der Waals surface area contributed by atoms with Gasteiger partial charge in [0.2, 0.25) is 0 Å². The molecule has 0 fully saturated rings. The topological polar surface area (TPSA) is 3.24 Å². The normalized spacial score (nSPS) is 14.3.